The summed E-state index contributed by atoms with van der Waals surface area (Å²) in [5.41, 5.74) is 4.74. The number of anilines is 2. The van der Waals surface area contributed by atoms with Crippen molar-refractivity contribution < 1.29 is 14.7 Å². The Morgan fingerprint density at radius 1 is 0.848 bits per heavy atom. The Morgan fingerprint density at radius 3 is 2.24 bits per heavy atom. The van der Waals surface area contributed by atoms with Gasteiger partial charge in [-0.05, 0) is 59.9 Å². The Hall–Kier alpha value is -5.19. The lowest BCUT2D eigenvalue weighted by atomic mass is 9.98. The predicted molar refractivity (Wildman–Crippen MR) is 180 cm³/mol. The number of phenols is 1. The summed E-state index contributed by atoms with van der Waals surface area (Å²) in [6.07, 6.45) is 3.58. The fourth-order valence-corrected chi connectivity index (χ4v) is 5.17. The number of halogens is 2. The SMILES string of the molecule is CCn1nc(-c2cccc(-c3cccc(CCC(=O)NCc4ccc(O)cc4)c3)c2)cc(NC(=O)Nc2c(Cl)cncc2Cl)c1=O. The van der Waals surface area contributed by atoms with E-state index in [9.17, 15) is 19.5 Å². The van der Waals surface area contributed by atoms with Crippen LogP contribution in [0.4, 0.5) is 16.2 Å². The minimum atomic E-state index is -0.702. The molecule has 0 bridgehead atoms. The minimum absolute atomic E-state index is 0.0294. The molecule has 0 unspecified atom stereocenters. The number of urea groups is 1. The normalized spacial score (nSPS) is 10.8. The molecule has 5 aromatic rings. The van der Waals surface area contributed by atoms with Gasteiger partial charge in [0, 0.05) is 37.5 Å². The van der Waals surface area contributed by atoms with Gasteiger partial charge >= 0.3 is 6.03 Å². The number of carbonyl (C=O) groups is 2. The number of rotatable bonds is 10. The van der Waals surface area contributed by atoms with Crippen LogP contribution in [0.2, 0.25) is 10.0 Å². The highest BCUT2D eigenvalue weighted by Crippen LogP contribution is 2.29. The zero-order valence-electron chi connectivity index (χ0n) is 24.8. The van der Waals surface area contributed by atoms with E-state index in [1.54, 1.807) is 31.2 Å². The molecule has 46 heavy (non-hydrogen) atoms. The van der Waals surface area contributed by atoms with Gasteiger partial charge in [-0.15, -0.1) is 0 Å². The first-order chi connectivity index (χ1) is 22.2. The van der Waals surface area contributed by atoms with Crippen molar-refractivity contribution in [1.29, 1.82) is 0 Å². The van der Waals surface area contributed by atoms with Crippen molar-refractivity contribution in [3.05, 3.63) is 123 Å². The fourth-order valence-electron chi connectivity index (χ4n) is 4.71. The van der Waals surface area contributed by atoms with Crippen molar-refractivity contribution in [3.8, 4) is 28.1 Å². The molecular weight excluding hydrogens is 627 g/mol. The van der Waals surface area contributed by atoms with Gasteiger partial charge in [0.05, 0.1) is 21.4 Å². The van der Waals surface area contributed by atoms with Gasteiger partial charge in [-0.1, -0.05) is 77.8 Å². The van der Waals surface area contributed by atoms with Crippen LogP contribution in [0.5, 0.6) is 5.75 Å². The van der Waals surface area contributed by atoms with Gasteiger partial charge in [-0.3, -0.25) is 14.6 Å². The standard InChI is InChI=1S/C34H30Cl2N6O4/c1-2-42-33(45)30(39-34(46)40-32-27(35)19-37-20-28(32)36)17-29(41-42)25-8-4-7-24(16-25)23-6-3-5-21(15-23)11-14-31(44)38-18-22-9-12-26(43)13-10-22/h3-10,12-13,15-17,19-20,43H,2,11,14,18H2,1H3,(H,38,44)(H2,37,39,40,46). The van der Waals surface area contributed by atoms with Crippen LogP contribution in [0.15, 0.2) is 96.1 Å². The number of aryl methyl sites for hydroxylation is 2. The van der Waals surface area contributed by atoms with Crippen LogP contribution < -0.4 is 21.5 Å². The van der Waals surface area contributed by atoms with Crippen molar-refractivity contribution in [2.75, 3.05) is 10.6 Å². The highest BCUT2D eigenvalue weighted by molar-refractivity contribution is 6.39. The first-order valence-electron chi connectivity index (χ1n) is 14.4. The van der Waals surface area contributed by atoms with Crippen molar-refractivity contribution in [2.24, 2.45) is 0 Å². The second-order valence-electron chi connectivity index (χ2n) is 10.3. The molecule has 0 aliphatic rings. The maximum absolute atomic E-state index is 13.0. The summed E-state index contributed by atoms with van der Waals surface area (Å²) in [7, 11) is 0. The summed E-state index contributed by atoms with van der Waals surface area (Å²) in [6.45, 7) is 2.46. The Balaban J connectivity index is 1.30. The molecule has 10 nitrogen and oxygen atoms in total. The van der Waals surface area contributed by atoms with Crippen molar-refractivity contribution in [2.45, 2.75) is 32.9 Å². The summed E-state index contributed by atoms with van der Waals surface area (Å²) < 4.78 is 1.28. The molecule has 0 fully saturated rings. The number of aromatic nitrogens is 3. The Bertz CT molecular complexity index is 1930. The average Bonchev–Trinajstić information content (AvgIpc) is 3.06. The molecule has 0 aliphatic heterocycles. The molecule has 0 radical (unpaired) electrons. The maximum Gasteiger partial charge on any atom is 0.323 e. The molecular formula is C34H30Cl2N6O4. The molecule has 3 amide bonds. The number of aromatic hydroxyl groups is 1. The average molecular weight is 658 g/mol. The van der Waals surface area contributed by atoms with E-state index in [0.29, 0.717) is 25.1 Å². The number of hydrogen-bond acceptors (Lipinski definition) is 6. The lowest BCUT2D eigenvalue weighted by Crippen LogP contribution is -2.29. The third-order valence-electron chi connectivity index (χ3n) is 7.10. The molecule has 3 aromatic carbocycles. The van der Waals surface area contributed by atoms with E-state index in [1.165, 1.54) is 23.1 Å². The Labute approximate surface area is 275 Å². The molecule has 4 N–H and O–H groups in total. The van der Waals surface area contributed by atoms with E-state index in [4.69, 9.17) is 23.2 Å². The van der Waals surface area contributed by atoms with E-state index in [-0.39, 0.29) is 39.6 Å². The third-order valence-corrected chi connectivity index (χ3v) is 7.67. The number of hydrogen-bond donors (Lipinski definition) is 4. The van der Waals surface area contributed by atoms with Crippen LogP contribution in [-0.2, 0) is 24.3 Å². The lowest BCUT2D eigenvalue weighted by Gasteiger charge is -2.13. The summed E-state index contributed by atoms with van der Waals surface area (Å²) in [4.78, 5) is 42.2. The number of amides is 3. The Kier molecular flexibility index (Phi) is 10.3. The second-order valence-corrected chi connectivity index (χ2v) is 11.2. The Morgan fingerprint density at radius 2 is 1.52 bits per heavy atom. The minimum Gasteiger partial charge on any atom is -0.508 e. The van der Waals surface area contributed by atoms with E-state index in [0.717, 1.165) is 27.8 Å². The van der Waals surface area contributed by atoms with Crippen molar-refractivity contribution >= 4 is 46.5 Å². The van der Waals surface area contributed by atoms with Gasteiger partial charge in [-0.2, -0.15) is 5.10 Å². The molecule has 0 spiro atoms. The number of carbonyl (C=O) groups excluding carboxylic acids is 2. The molecule has 5 rings (SSSR count). The van der Waals surface area contributed by atoms with Gasteiger partial charge in [-0.25, -0.2) is 9.48 Å². The molecule has 12 heteroatoms. The molecule has 0 aliphatic carbocycles. The second kappa shape index (κ2) is 14.7. The number of pyridine rings is 1. The zero-order chi connectivity index (χ0) is 32.6. The van der Waals surface area contributed by atoms with Crippen LogP contribution in [-0.4, -0.2) is 31.8 Å². The number of benzene rings is 3. The zero-order valence-corrected chi connectivity index (χ0v) is 26.3. The topological polar surface area (TPSA) is 138 Å². The number of nitrogens with zero attached hydrogens (tertiary/aromatic N) is 3. The maximum atomic E-state index is 13.0. The van der Waals surface area contributed by atoms with Crippen LogP contribution in [0, 0.1) is 0 Å². The van der Waals surface area contributed by atoms with Crippen LogP contribution >= 0.6 is 23.2 Å². The van der Waals surface area contributed by atoms with Gasteiger partial charge < -0.3 is 21.1 Å². The van der Waals surface area contributed by atoms with Crippen LogP contribution in [0.1, 0.15) is 24.5 Å². The number of phenolic OH excluding ortho intramolecular Hbond substituents is 1. The summed E-state index contributed by atoms with van der Waals surface area (Å²) in [5, 5.41) is 22.3. The third kappa shape index (κ3) is 8.09. The smallest absolute Gasteiger partial charge is 0.323 e. The van der Waals surface area contributed by atoms with E-state index < -0.39 is 11.6 Å². The van der Waals surface area contributed by atoms with Crippen molar-refractivity contribution in [1.82, 2.24) is 20.1 Å². The van der Waals surface area contributed by atoms with Crippen LogP contribution in [0.3, 0.4) is 0 Å². The van der Waals surface area contributed by atoms with Gasteiger partial charge in [0.15, 0.2) is 0 Å². The van der Waals surface area contributed by atoms with Crippen molar-refractivity contribution in [3.63, 3.8) is 0 Å². The van der Waals surface area contributed by atoms with E-state index in [2.05, 4.69) is 26.0 Å². The number of nitrogens with one attached hydrogen (secondary N) is 3. The largest absolute Gasteiger partial charge is 0.508 e. The first kappa shape index (κ1) is 32.2. The predicted octanol–water partition coefficient (Wildman–Crippen LogP) is 6.90. The highest BCUT2D eigenvalue weighted by atomic mass is 35.5. The fraction of sp³-hybridized carbons (Fsp3) is 0.147. The summed E-state index contributed by atoms with van der Waals surface area (Å²) in [6, 6.07) is 23.2. The van der Waals surface area contributed by atoms with E-state index >= 15 is 0 Å². The van der Waals surface area contributed by atoms with E-state index in [1.807, 2.05) is 48.5 Å². The monoisotopic (exact) mass is 656 g/mol. The summed E-state index contributed by atoms with van der Waals surface area (Å²) >= 11 is 12.2. The highest BCUT2D eigenvalue weighted by Gasteiger charge is 2.15. The lowest BCUT2D eigenvalue weighted by molar-refractivity contribution is -0.121. The summed E-state index contributed by atoms with van der Waals surface area (Å²) in [5.74, 6) is 0.116. The quantitative estimate of drug-likeness (QED) is 0.129. The first-order valence-corrected chi connectivity index (χ1v) is 15.2. The molecule has 2 aromatic heterocycles. The molecule has 0 saturated carbocycles. The van der Waals surface area contributed by atoms with Gasteiger partial charge in [0.25, 0.3) is 5.56 Å². The molecule has 234 valence electrons. The molecule has 0 saturated heterocycles. The molecule has 0 atom stereocenters. The molecule has 2 heterocycles. The van der Waals surface area contributed by atoms with Gasteiger partial charge in [0.2, 0.25) is 5.91 Å². The van der Waals surface area contributed by atoms with Crippen LogP contribution in [0.25, 0.3) is 22.4 Å². The van der Waals surface area contributed by atoms with Gasteiger partial charge in [0.1, 0.15) is 11.4 Å².